The Balaban J connectivity index is 1.82. The van der Waals surface area contributed by atoms with Gasteiger partial charge < -0.3 is 14.5 Å². The number of thiophene rings is 1. The smallest absolute Gasteiger partial charge is 0.276 e. The van der Waals surface area contributed by atoms with E-state index in [-0.39, 0.29) is 17.6 Å². The molecule has 22 heavy (non-hydrogen) atoms. The molecule has 0 saturated carbocycles. The summed E-state index contributed by atoms with van der Waals surface area (Å²) in [5, 5.41) is 14.1. The average molecular weight is 341 g/mol. The summed E-state index contributed by atoms with van der Waals surface area (Å²) in [7, 11) is 0. The molecule has 1 aliphatic heterocycles. The zero-order valence-electron chi connectivity index (χ0n) is 12.4. The Morgan fingerprint density at radius 3 is 2.95 bits per heavy atom. The molecule has 3 heterocycles. The first-order valence-corrected chi connectivity index (χ1v) is 8.31. The van der Waals surface area contributed by atoms with Crippen LogP contribution in [0.15, 0.2) is 22.7 Å². The number of carbonyl (C=O) groups is 1. The quantitative estimate of drug-likeness (QED) is 0.929. The van der Waals surface area contributed by atoms with Crippen molar-refractivity contribution in [3.05, 3.63) is 28.2 Å². The Bertz CT molecular complexity index is 689. The van der Waals surface area contributed by atoms with Gasteiger partial charge in [0.25, 0.3) is 5.91 Å². The van der Waals surface area contributed by atoms with Crippen LogP contribution in [-0.2, 0) is 0 Å². The summed E-state index contributed by atoms with van der Waals surface area (Å²) in [6.45, 7) is 4.08. The maximum atomic E-state index is 12.6. The van der Waals surface area contributed by atoms with Crippen molar-refractivity contribution < 1.29 is 14.4 Å². The normalized spacial score (nSPS) is 18.9. The number of aliphatic hydroxyl groups is 1. The minimum absolute atomic E-state index is 0.198. The van der Waals surface area contributed by atoms with E-state index in [2.05, 4.69) is 5.16 Å². The van der Waals surface area contributed by atoms with Crippen LogP contribution in [0.1, 0.15) is 37.2 Å². The number of amides is 1. The van der Waals surface area contributed by atoms with Crippen molar-refractivity contribution in [3.63, 3.8) is 0 Å². The lowest BCUT2D eigenvalue weighted by molar-refractivity contribution is -0.0000242. The molecule has 1 saturated heterocycles. The number of hydrogen-bond acceptors (Lipinski definition) is 5. The van der Waals surface area contributed by atoms with Crippen LogP contribution in [0.25, 0.3) is 10.6 Å². The predicted octanol–water partition coefficient (Wildman–Crippen LogP) is 3.43. The number of likely N-dealkylation sites (tertiary alicyclic amines) is 1. The summed E-state index contributed by atoms with van der Waals surface area (Å²) >= 11 is 7.28. The molecule has 7 heteroatoms. The SMILES string of the molecule is CC(C)(O)C1CCCN1C(=O)c1cc(-c2ccc(Cl)s2)on1. The van der Waals surface area contributed by atoms with Gasteiger partial charge in [-0.1, -0.05) is 16.8 Å². The van der Waals surface area contributed by atoms with Gasteiger partial charge in [-0.25, -0.2) is 0 Å². The van der Waals surface area contributed by atoms with Gasteiger partial charge in [-0.15, -0.1) is 11.3 Å². The van der Waals surface area contributed by atoms with E-state index >= 15 is 0 Å². The molecule has 3 rings (SSSR count). The third kappa shape index (κ3) is 2.91. The van der Waals surface area contributed by atoms with Gasteiger partial charge >= 0.3 is 0 Å². The summed E-state index contributed by atoms with van der Waals surface area (Å²) in [5.41, 5.74) is -0.671. The van der Waals surface area contributed by atoms with E-state index in [1.807, 2.05) is 6.07 Å². The Kier molecular flexibility index (Phi) is 4.01. The lowest BCUT2D eigenvalue weighted by Crippen LogP contribution is -2.48. The highest BCUT2D eigenvalue weighted by atomic mass is 35.5. The molecular weight excluding hydrogens is 324 g/mol. The number of halogens is 1. The second-order valence-electron chi connectivity index (χ2n) is 5.99. The molecule has 0 aliphatic carbocycles. The van der Waals surface area contributed by atoms with Crippen LogP contribution >= 0.6 is 22.9 Å². The van der Waals surface area contributed by atoms with Crippen molar-refractivity contribution >= 4 is 28.8 Å². The van der Waals surface area contributed by atoms with Crippen LogP contribution in [0.2, 0.25) is 4.34 Å². The molecule has 118 valence electrons. The Morgan fingerprint density at radius 1 is 1.55 bits per heavy atom. The van der Waals surface area contributed by atoms with Gasteiger partial charge in [0, 0.05) is 12.6 Å². The summed E-state index contributed by atoms with van der Waals surface area (Å²) in [5.74, 6) is 0.321. The highest BCUT2D eigenvalue weighted by Crippen LogP contribution is 2.32. The first-order valence-electron chi connectivity index (χ1n) is 7.12. The monoisotopic (exact) mass is 340 g/mol. The second kappa shape index (κ2) is 5.68. The van der Waals surface area contributed by atoms with Crippen molar-refractivity contribution in [2.75, 3.05) is 6.54 Å². The predicted molar refractivity (Wildman–Crippen MR) is 85.2 cm³/mol. The van der Waals surface area contributed by atoms with Crippen molar-refractivity contribution in [2.45, 2.75) is 38.3 Å². The molecule has 2 aromatic rings. The molecule has 1 unspecified atom stereocenters. The molecule has 0 spiro atoms. The van der Waals surface area contributed by atoms with E-state index in [1.54, 1.807) is 30.9 Å². The molecule has 0 aromatic carbocycles. The second-order valence-corrected chi connectivity index (χ2v) is 7.71. The fourth-order valence-corrected chi connectivity index (χ4v) is 3.82. The van der Waals surface area contributed by atoms with Gasteiger partial charge in [0.15, 0.2) is 11.5 Å². The zero-order valence-corrected chi connectivity index (χ0v) is 13.9. The summed E-state index contributed by atoms with van der Waals surface area (Å²) < 4.78 is 5.91. The molecule has 5 nitrogen and oxygen atoms in total. The average Bonchev–Trinajstić information content (AvgIpc) is 3.16. The fraction of sp³-hybridized carbons (Fsp3) is 0.467. The zero-order chi connectivity index (χ0) is 15.9. The lowest BCUT2D eigenvalue weighted by Gasteiger charge is -2.33. The van der Waals surface area contributed by atoms with Gasteiger partial charge in [-0.05, 0) is 38.8 Å². The Morgan fingerprint density at radius 2 is 2.32 bits per heavy atom. The van der Waals surface area contributed by atoms with Gasteiger partial charge in [-0.3, -0.25) is 4.79 Å². The van der Waals surface area contributed by atoms with Crippen LogP contribution in [-0.4, -0.2) is 39.3 Å². The largest absolute Gasteiger partial charge is 0.388 e. The standard InChI is InChI=1S/C15H17ClN2O3S/c1-15(2,20)12-4-3-7-18(12)14(19)9-8-10(21-17-9)11-5-6-13(16)22-11/h5-6,8,12,20H,3-4,7H2,1-2H3. The van der Waals surface area contributed by atoms with Crippen molar-refractivity contribution in [1.29, 1.82) is 0 Å². The first kappa shape index (κ1) is 15.5. The molecule has 1 N–H and O–H groups in total. The number of nitrogens with zero attached hydrogens (tertiary/aromatic N) is 2. The highest BCUT2D eigenvalue weighted by molar-refractivity contribution is 7.19. The maximum absolute atomic E-state index is 12.6. The molecule has 2 aromatic heterocycles. The van der Waals surface area contributed by atoms with Crippen molar-refractivity contribution in [3.8, 4) is 10.6 Å². The summed E-state index contributed by atoms with van der Waals surface area (Å²) in [6, 6.07) is 5.04. The fourth-order valence-electron chi connectivity index (χ4n) is 2.83. The van der Waals surface area contributed by atoms with E-state index < -0.39 is 5.60 Å². The van der Waals surface area contributed by atoms with E-state index in [0.717, 1.165) is 17.7 Å². The highest BCUT2D eigenvalue weighted by Gasteiger charge is 2.39. The van der Waals surface area contributed by atoms with E-state index in [4.69, 9.17) is 16.1 Å². The van der Waals surface area contributed by atoms with Crippen molar-refractivity contribution in [1.82, 2.24) is 10.1 Å². The summed E-state index contributed by atoms with van der Waals surface area (Å²) in [6.07, 6.45) is 1.67. The van der Waals surface area contributed by atoms with Crippen LogP contribution in [0.5, 0.6) is 0 Å². The van der Waals surface area contributed by atoms with E-state index in [1.165, 1.54) is 11.3 Å². The van der Waals surface area contributed by atoms with Gasteiger partial charge in [0.1, 0.15) is 0 Å². The number of hydrogen-bond donors (Lipinski definition) is 1. The van der Waals surface area contributed by atoms with Crippen molar-refractivity contribution in [2.24, 2.45) is 0 Å². The summed E-state index contributed by atoms with van der Waals surface area (Å²) in [4.78, 5) is 15.1. The van der Waals surface area contributed by atoms with Gasteiger partial charge in [-0.2, -0.15) is 0 Å². The third-order valence-corrected chi connectivity index (χ3v) is 5.12. The van der Waals surface area contributed by atoms with Gasteiger partial charge in [0.05, 0.1) is 20.9 Å². The number of rotatable bonds is 3. The Hall–Kier alpha value is -1.37. The molecule has 0 bridgehead atoms. The molecule has 1 fully saturated rings. The Labute approximate surface area is 137 Å². The molecule has 1 atom stereocenters. The topological polar surface area (TPSA) is 66.6 Å². The molecule has 0 radical (unpaired) electrons. The molecular formula is C15H17ClN2O3S. The van der Waals surface area contributed by atoms with Crippen LogP contribution < -0.4 is 0 Å². The van der Waals surface area contributed by atoms with Crippen LogP contribution in [0.3, 0.4) is 0 Å². The lowest BCUT2D eigenvalue weighted by atomic mass is 9.96. The number of carbonyl (C=O) groups excluding carboxylic acids is 1. The molecule has 1 amide bonds. The van der Waals surface area contributed by atoms with Gasteiger partial charge in [0.2, 0.25) is 0 Å². The minimum Gasteiger partial charge on any atom is -0.388 e. The van der Waals surface area contributed by atoms with E-state index in [9.17, 15) is 9.90 Å². The maximum Gasteiger partial charge on any atom is 0.276 e. The van der Waals surface area contributed by atoms with Crippen LogP contribution in [0.4, 0.5) is 0 Å². The number of aromatic nitrogens is 1. The third-order valence-electron chi connectivity index (χ3n) is 3.87. The first-order chi connectivity index (χ1) is 10.4. The molecule has 1 aliphatic rings. The minimum atomic E-state index is -0.931. The van der Waals surface area contributed by atoms with E-state index in [0.29, 0.717) is 16.6 Å². The van der Waals surface area contributed by atoms with Crippen LogP contribution in [0, 0.1) is 0 Å².